The number of carbonyl (C=O) groups is 1. The predicted octanol–water partition coefficient (Wildman–Crippen LogP) is 1.59. The summed E-state index contributed by atoms with van der Waals surface area (Å²) in [4.78, 5) is 13.9. The predicted molar refractivity (Wildman–Crippen MR) is 82.2 cm³/mol. The second-order valence-electron chi connectivity index (χ2n) is 5.41. The van der Waals surface area contributed by atoms with E-state index in [1.807, 2.05) is 17.8 Å². The molecule has 2 heterocycles. The maximum atomic E-state index is 14.4. The summed E-state index contributed by atoms with van der Waals surface area (Å²) in [5, 5.41) is 0. The summed E-state index contributed by atoms with van der Waals surface area (Å²) in [6, 6.07) is 5.08. The van der Waals surface area contributed by atoms with Crippen LogP contribution in [0.3, 0.4) is 0 Å². The molecule has 114 valence electrons. The Morgan fingerprint density at radius 3 is 2.81 bits per heavy atom. The van der Waals surface area contributed by atoms with Crippen LogP contribution >= 0.6 is 11.8 Å². The van der Waals surface area contributed by atoms with E-state index >= 15 is 0 Å². The van der Waals surface area contributed by atoms with E-state index in [1.54, 1.807) is 6.07 Å². The van der Waals surface area contributed by atoms with E-state index in [1.165, 1.54) is 6.07 Å². The summed E-state index contributed by atoms with van der Waals surface area (Å²) >= 11 is 1.89. The van der Waals surface area contributed by atoms with Gasteiger partial charge in [0.05, 0.1) is 18.2 Å². The average Bonchev–Trinajstić information content (AvgIpc) is 2.89. The third-order valence-electron chi connectivity index (χ3n) is 4.15. The molecule has 0 aliphatic carbocycles. The van der Waals surface area contributed by atoms with Gasteiger partial charge in [-0.2, -0.15) is 11.8 Å². The van der Waals surface area contributed by atoms with Crippen molar-refractivity contribution in [1.82, 2.24) is 0 Å². The lowest BCUT2D eigenvalue weighted by atomic mass is 9.88. The van der Waals surface area contributed by atoms with Crippen molar-refractivity contribution in [2.45, 2.75) is 5.92 Å². The number of cyclic esters (lactones) is 1. The summed E-state index contributed by atoms with van der Waals surface area (Å²) in [5.41, 5.74) is 6.96. The van der Waals surface area contributed by atoms with Crippen LogP contribution in [-0.2, 0) is 9.53 Å². The second kappa shape index (κ2) is 6.23. The normalized spacial score (nSPS) is 26.0. The molecule has 2 aliphatic heterocycles. The van der Waals surface area contributed by atoms with Crippen LogP contribution in [-0.4, -0.2) is 43.7 Å². The number of hydrogen-bond acceptors (Lipinski definition) is 5. The first-order chi connectivity index (χ1) is 10.2. The molecule has 0 amide bonds. The van der Waals surface area contributed by atoms with E-state index < -0.39 is 5.92 Å². The highest BCUT2D eigenvalue weighted by Crippen LogP contribution is 2.34. The van der Waals surface area contributed by atoms with Crippen molar-refractivity contribution in [3.8, 4) is 0 Å². The summed E-state index contributed by atoms with van der Waals surface area (Å²) in [7, 11) is 0. The van der Waals surface area contributed by atoms with Crippen LogP contribution in [0.4, 0.5) is 10.1 Å². The number of hydrogen-bond donors (Lipinski definition) is 1. The van der Waals surface area contributed by atoms with Crippen LogP contribution in [0.1, 0.15) is 11.5 Å². The van der Waals surface area contributed by atoms with Crippen molar-refractivity contribution in [2.75, 3.05) is 42.6 Å². The number of halogens is 1. The molecule has 1 aromatic rings. The molecule has 3 rings (SSSR count). The lowest BCUT2D eigenvalue weighted by Crippen LogP contribution is -2.33. The molecule has 6 heteroatoms. The first kappa shape index (κ1) is 14.7. The fraction of sp³-hybridized carbons (Fsp3) is 0.533. The smallest absolute Gasteiger partial charge is 0.313 e. The maximum absolute atomic E-state index is 14.4. The quantitative estimate of drug-likeness (QED) is 0.859. The average molecular weight is 310 g/mol. The van der Waals surface area contributed by atoms with E-state index in [0.29, 0.717) is 24.4 Å². The highest BCUT2D eigenvalue weighted by atomic mass is 32.2. The largest absolute Gasteiger partial charge is 0.465 e. The highest BCUT2D eigenvalue weighted by molar-refractivity contribution is 7.99. The number of nitrogens with two attached hydrogens (primary N) is 1. The molecule has 21 heavy (non-hydrogen) atoms. The Hall–Kier alpha value is -1.27. The van der Waals surface area contributed by atoms with Gasteiger partial charge in [0.2, 0.25) is 0 Å². The highest BCUT2D eigenvalue weighted by Gasteiger charge is 2.37. The number of rotatable bonds is 3. The summed E-state index contributed by atoms with van der Waals surface area (Å²) in [6.45, 7) is 2.41. The monoisotopic (exact) mass is 310 g/mol. The van der Waals surface area contributed by atoms with E-state index in [-0.39, 0.29) is 17.7 Å². The molecule has 2 aliphatic rings. The molecule has 2 atom stereocenters. The van der Waals surface area contributed by atoms with Crippen molar-refractivity contribution in [3.05, 3.63) is 29.6 Å². The van der Waals surface area contributed by atoms with Crippen molar-refractivity contribution < 1.29 is 13.9 Å². The number of nitrogens with zero attached hydrogens (tertiary/aromatic N) is 1. The minimum Gasteiger partial charge on any atom is -0.465 e. The maximum Gasteiger partial charge on any atom is 0.313 e. The topological polar surface area (TPSA) is 55.6 Å². The Balaban J connectivity index is 1.85. The zero-order valence-electron chi connectivity index (χ0n) is 11.8. The van der Waals surface area contributed by atoms with Gasteiger partial charge in [-0.1, -0.05) is 6.07 Å². The number of benzene rings is 1. The van der Waals surface area contributed by atoms with Gasteiger partial charge in [0, 0.05) is 30.5 Å². The van der Waals surface area contributed by atoms with Crippen LogP contribution in [0, 0.1) is 11.7 Å². The Morgan fingerprint density at radius 1 is 1.38 bits per heavy atom. The fourth-order valence-electron chi connectivity index (χ4n) is 2.96. The molecule has 1 aromatic carbocycles. The van der Waals surface area contributed by atoms with Gasteiger partial charge < -0.3 is 15.4 Å². The molecule has 0 spiro atoms. The van der Waals surface area contributed by atoms with Crippen LogP contribution in [0.2, 0.25) is 0 Å². The Labute approximate surface area is 127 Å². The fourth-order valence-corrected chi connectivity index (χ4v) is 3.86. The van der Waals surface area contributed by atoms with Crippen LogP contribution in [0.5, 0.6) is 0 Å². The lowest BCUT2D eigenvalue weighted by molar-refractivity contribution is -0.139. The number of carbonyl (C=O) groups excluding carboxylic acids is 1. The van der Waals surface area contributed by atoms with E-state index in [0.717, 1.165) is 24.6 Å². The third kappa shape index (κ3) is 2.87. The van der Waals surface area contributed by atoms with Crippen molar-refractivity contribution in [2.24, 2.45) is 11.7 Å². The molecular weight excluding hydrogens is 291 g/mol. The van der Waals surface area contributed by atoms with Crippen molar-refractivity contribution in [1.29, 1.82) is 0 Å². The van der Waals surface area contributed by atoms with Gasteiger partial charge in [0.25, 0.3) is 0 Å². The molecule has 0 aromatic heterocycles. The zero-order chi connectivity index (χ0) is 14.8. The summed E-state index contributed by atoms with van der Waals surface area (Å²) < 4.78 is 19.5. The Bertz CT molecular complexity index is 534. The van der Waals surface area contributed by atoms with Gasteiger partial charge in [-0.3, -0.25) is 4.79 Å². The van der Waals surface area contributed by atoms with Crippen molar-refractivity contribution in [3.63, 3.8) is 0 Å². The summed E-state index contributed by atoms with van der Waals surface area (Å²) in [6.07, 6.45) is 0. The minimum absolute atomic E-state index is 0.0610. The van der Waals surface area contributed by atoms with Gasteiger partial charge in [-0.05, 0) is 24.2 Å². The molecule has 2 N–H and O–H groups in total. The van der Waals surface area contributed by atoms with Gasteiger partial charge in [0.15, 0.2) is 0 Å². The van der Waals surface area contributed by atoms with Gasteiger partial charge in [-0.15, -0.1) is 0 Å². The second-order valence-corrected chi connectivity index (χ2v) is 6.64. The van der Waals surface area contributed by atoms with Crippen LogP contribution in [0.15, 0.2) is 18.2 Å². The van der Waals surface area contributed by atoms with Gasteiger partial charge in [0.1, 0.15) is 5.82 Å². The molecule has 2 saturated heterocycles. The van der Waals surface area contributed by atoms with Gasteiger partial charge in [-0.25, -0.2) is 4.39 Å². The molecule has 4 nitrogen and oxygen atoms in total. The van der Waals surface area contributed by atoms with E-state index in [9.17, 15) is 9.18 Å². The number of thioether (sulfide) groups is 1. The molecular formula is C15H19FN2O2S. The minimum atomic E-state index is -0.435. The standard InChI is InChI=1S/C15H19FN2O2S/c16-12-7-10(14-11(8-17)9-20-15(14)19)1-2-13(12)18-3-5-21-6-4-18/h1-2,7,11,14H,3-6,8-9,17H2/t11?,14-/m0/s1. The number of esters is 1. The van der Waals surface area contributed by atoms with Gasteiger partial charge >= 0.3 is 5.97 Å². The third-order valence-corrected chi connectivity index (χ3v) is 5.09. The molecule has 1 unspecified atom stereocenters. The lowest BCUT2D eigenvalue weighted by Gasteiger charge is -2.29. The van der Waals surface area contributed by atoms with Crippen LogP contribution < -0.4 is 10.6 Å². The first-order valence-electron chi connectivity index (χ1n) is 7.19. The molecule has 0 saturated carbocycles. The molecule has 0 radical (unpaired) electrons. The number of anilines is 1. The van der Waals surface area contributed by atoms with E-state index in [4.69, 9.17) is 10.5 Å². The SMILES string of the molecule is NCC1COC(=O)[C@H]1c1ccc(N2CCSCC2)c(F)c1. The Morgan fingerprint density at radius 2 is 2.14 bits per heavy atom. The number of ether oxygens (including phenoxy) is 1. The zero-order valence-corrected chi connectivity index (χ0v) is 12.6. The van der Waals surface area contributed by atoms with E-state index in [2.05, 4.69) is 4.90 Å². The Kier molecular flexibility index (Phi) is 4.35. The first-order valence-corrected chi connectivity index (χ1v) is 8.35. The molecule has 0 bridgehead atoms. The van der Waals surface area contributed by atoms with Crippen molar-refractivity contribution >= 4 is 23.4 Å². The molecule has 2 fully saturated rings. The van der Waals surface area contributed by atoms with Crippen LogP contribution in [0.25, 0.3) is 0 Å². The summed E-state index contributed by atoms with van der Waals surface area (Å²) in [5.74, 6) is 0.975.